The molecule has 4 N–H and O–H groups in total. The summed E-state index contributed by atoms with van der Waals surface area (Å²) in [6, 6.07) is 19.1. The number of rotatable bonds is 7. The molecule has 0 atom stereocenters. The van der Waals surface area contributed by atoms with Crippen LogP contribution in [0, 0.1) is 6.92 Å². The second-order valence-corrected chi connectivity index (χ2v) is 7.94. The number of hydrogen-bond donors (Lipinski definition) is 4. The van der Waals surface area contributed by atoms with Gasteiger partial charge in [0.05, 0.1) is 11.9 Å². The number of aromatic amines is 1. The van der Waals surface area contributed by atoms with Crippen LogP contribution in [0.4, 0.5) is 5.69 Å². The molecule has 0 saturated heterocycles. The van der Waals surface area contributed by atoms with Crippen molar-refractivity contribution in [3.05, 3.63) is 95.4 Å². The molecule has 0 fully saturated rings. The summed E-state index contributed by atoms with van der Waals surface area (Å²) in [5, 5.41) is 11.6. The molecular formula is C25H24N6OS. The predicted octanol–water partition coefficient (Wildman–Crippen LogP) is 4.16. The Bertz CT molecular complexity index is 1280. The lowest BCUT2D eigenvalue weighted by molar-refractivity contribution is 0.0954. The number of pyridine rings is 1. The highest BCUT2D eigenvalue weighted by Gasteiger charge is 2.07. The first-order valence-corrected chi connectivity index (χ1v) is 11.0. The number of thiocarbonyl (C=S) groups is 1. The summed E-state index contributed by atoms with van der Waals surface area (Å²) < 4.78 is 0. The normalized spacial score (nSPS) is 10.9. The number of aromatic nitrogens is 2. The van der Waals surface area contributed by atoms with Gasteiger partial charge >= 0.3 is 0 Å². The van der Waals surface area contributed by atoms with E-state index >= 15 is 0 Å². The number of anilines is 1. The second-order valence-electron chi connectivity index (χ2n) is 7.53. The first-order chi connectivity index (χ1) is 16.1. The van der Waals surface area contributed by atoms with E-state index in [2.05, 4.69) is 37.2 Å². The number of amides is 1. The van der Waals surface area contributed by atoms with Crippen LogP contribution in [0.2, 0.25) is 0 Å². The molecule has 4 rings (SSSR count). The van der Waals surface area contributed by atoms with Crippen molar-refractivity contribution < 1.29 is 4.79 Å². The van der Waals surface area contributed by atoms with Crippen molar-refractivity contribution in [1.29, 1.82) is 0 Å². The third-order valence-electron chi connectivity index (χ3n) is 5.06. The molecule has 1 amide bonds. The number of nitrogens with one attached hydrogen (secondary N) is 4. The van der Waals surface area contributed by atoms with E-state index in [0.717, 1.165) is 28.9 Å². The maximum atomic E-state index is 12.5. The van der Waals surface area contributed by atoms with Crippen LogP contribution in [0.15, 0.2) is 78.2 Å². The molecule has 0 aliphatic carbocycles. The van der Waals surface area contributed by atoms with Crippen molar-refractivity contribution in [2.45, 2.75) is 13.3 Å². The smallest absolute Gasteiger partial charge is 0.251 e. The lowest BCUT2D eigenvalue weighted by Gasteiger charge is -2.08. The van der Waals surface area contributed by atoms with Crippen LogP contribution in [0.25, 0.3) is 10.9 Å². The van der Waals surface area contributed by atoms with Crippen LogP contribution < -0.4 is 16.1 Å². The van der Waals surface area contributed by atoms with E-state index in [1.165, 1.54) is 10.9 Å². The molecule has 4 aromatic rings. The fraction of sp³-hybridized carbons (Fsp3) is 0.120. The Kier molecular flexibility index (Phi) is 7.06. The molecule has 0 bridgehead atoms. The molecule has 0 aliphatic heterocycles. The molecule has 0 spiro atoms. The fourth-order valence-corrected chi connectivity index (χ4v) is 3.50. The highest BCUT2D eigenvalue weighted by molar-refractivity contribution is 7.80. The van der Waals surface area contributed by atoms with Crippen molar-refractivity contribution in [1.82, 2.24) is 20.7 Å². The standard InChI is InChI=1S/C25H24N6OS/c1-17-6-9-21(27-14-17)16-29-31-25(33)30-20-10-7-18(8-11-20)24(32)26-13-12-19-15-28-23-5-3-2-4-22(19)23/h2-11,14-16,28H,12-13H2,1H3,(H,26,32)(H2,30,31,33)/b29-16+. The van der Waals surface area contributed by atoms with Crippen LogP contribution in [-0.4, -0.2) is 33.7 Å². The summed E-state index contributed by atoms with van der Waals surface area (Å²) in [7, 11) is 0. The molecule has 33 heavy (non-hydrogen) atoms. The molecular weight excluding hydrogens is 432 g/mol. The highest BCUT2D eigenvalue weighted by atomic mass is 32.1. The number of hydrogen-bond acceptors (Lipinski definition) is 4. The zero-order valence-electron chi connectivity index (χ0n) is 18.1. The molecule has 2 aromatic carbocycles. The van der Waals surface area contributed by atoms with Gasteiger partial charge in [-0.3, -0.25) is 15.2 Å². The van der Waals surface area contributed by atoms with Gasteiger partial charge in [0.25, 0.3) is 5.91 Å². The van der Waals surface area contributed by atoms with Crippen molar-refractivity contribution >= 4 is 46.0 Å². The molecule has 0 saturated carbocycles. The van der Waals surface area contributed by atoms with Gasteiger partial charge in [0.1, 0.15) is 0 Å². The highest BCUT2D eigenvalue weighted by Crippen LogP contribution is 2.17. The van der Waals surface area contributed by atoms with Crippen LogP contribution in [0.5, 0.6) is 0 Å². The van der Waals surface area contributed by atoms with Gasteiger partial charge in [-0.15, -0.1) is 0 Å². The van der Waals surface area contributed by atoms with Crippen LogP contribution in [0.3, 0.4) is 0 Å². The summed E-state index contributed by atoms with van der Waals surface area (Å²) in [6.45, 7) is 2.54. The fourth-order valence-electron chi connectivity index (χ4n) is 3.33. The molecule has 0 unspecified atom stereocenters. The van der Waals surface area contributed by atoms with Gasteiger partial charge in [-0.2, -0.15) is 5.10 Å². The minimum absolute atomic E-state index is 0.114. The monoisotopic (exact) mass is 456 g/mol. The topological polar surface area (TPSA) is 94.2 Å². The number of nitrogens with zero attached hydrogens (tertiary/aromatic N) is 2. The third kappa shape index (κ3) is 6.02. The van der Waals surface area contributed by atoms with Crippen molar-refractivity contribution in [2.24, 2.45) is 5.10 Å². The number of carbonyl (C=O) groups is 1. The van der Waals surface area contributed by atoms with E-state index in [9.17, 15) is 4.79 Å². The maximum Gasteiger partial charge on any atom is 0.251 e. The minimum Gasteiger partial charge on any atom is -0.361 e. The zero-order valence-corrected chi connectivity index (χ0v) is 18.9. The minimum atomic E-state index is -0.114. The SMILES string of the molecule is Cc1ccc(/C=N/NC(=S)Nc2ccc(C(=O)NCCc3c[nH]c4ccccc34)cc2)nc1. The number of para-hydroxylation sites is 1. The summed E-state index contributed by atoms with van der Waals surface area (Å²) in [5.74, 6) is -0.114. The molecule has 0 radical (unpaired) electrons. The molecule has 166 valence electrons. The van der Waals surface area contributed by atoms with Gasteiger partial charge in [0, 0.05) is 41.1 Å². The average Bonchev–Trinajstić information content (AvgIpc) is 3.24. The molecule has 7 nitrogen and oxygen atoms in total. The maximum absolute atomic E-state index is 12.5. The summed E-state index contributed by atoms with van der Waals surface area (Å²) in [5.41, 5.74) is 8.20. The van der Waals surface area contributed by atoms with Gasteiger partial charge in [0.2, 0.25) is 0 Å². The van der Waals surface area contributed by atoms with E-state index in [1.54, 1.807) is 36.7 Å². The second kappa shape index (κ2) is 10.5. The Morgan fingerprint density at radius 1 is 1.12 bits per heavy atom. The van der Waals surface area contributed by atoms with Crippen molar-refractivity contribution in [2.75, 3.05) is 11.9 Å². The number of aryl methyl sites for hydroxylation is 1. The van der Waals surface area contributed by atoms with Crippen molar-refractivity contribution in [3.8, 4) is 0 Å². The van der Waals surface area contributed by atoms with Crippen LogP contribution >= 0.6 is 12.2 Å². The average molecular weight is 457 g/mol. The number of fused-ring (bicyclic) bond motifs is 1. The van der Waals surface area contributed by atoms with Gasteiger partial charge in [-0.1, -0.05) is 24.3 Å². The number of carbonyl (C=O) groups excluding carboxylic acids is 1. The van der Waals surface area contributed by atoms with Crippen LogP contribution in [0.1, 0.15) is 27.2 Å². The van der Waals surface area contributed by atoms with Crippen LogP contribution in [-0.2, 0) is 6.42 Å². The molecule has 2 aromatic heterocycles. The summed E-state index contributed by atoms with van der Waals surface area (Å²) in [4.78, 5) is 20.0. The van der Waals surface area contributed by atoms with E-state index in [0.29, 0.717) is 17.2 Å². The number of hydrazone groups is 1. The lowest BCUT2D eigenvalue weighted by Crippen LogP contribution is -2.26. The Morgan fingerprint density at radius 2 is 1.94 bits per heavy atom. The van der Waals surface area contributed by atoms with Gasteiger partial charge in [-0.05, 0) is 73.1 Å². The van der Waals surface area contributed by atoms with E-state index in [4.69, 9.17) is 12.2 Å². The first-order valence-electron chi connectivity index (χ1n) is 10.5. The quantitative estimate of drug-likeness (QED) is 0.190. The van der Waals surface area contributed by atoms with Gasteiger partial charge in [0.15, 0.2) is 5.11 Å². The Labute approximate surface area is 197 Å². The van der Waals surface area contributed by atoms with Gasteiger partial charge in [-0.25, -0.2) is 0 Å². The van der Waals surface area contributed by atoms with Gasteiger partial charge < -0.3 is 15.6 Å². The Morgan fingerprint density at radius 3 is 2.73 bits per heavy atom. The zero-order chi connectivity index (χ0) is 23.0. The first kappa shape index (κ1) is 22.2. The largest absolute Gasteiger partial charge is 0.361 e. The number of benzene rings is 2. The number of H-pyrrole nitrogens is 1. The lowest BCUT2D eigenvalue weighted by atomic mass is 10.1. The molecule has 0 aliphatic rings. The van der Waals surface area contributed by atoms with E-state index < -0.39 is 0 Å². The Balaban J connectivity index is 1.23. The predicted molar refractivity (Wildman–Crippen MR) is 137 cm³/mol. The summed E-state index contributed by atoms with van der Waals surface area (Å²) in [6.07, 6.45) is 6.12. The summed E-state index contributed by atoms with van der Waals surface area (Å²) >= 11 is 5.25. The van der Waals surface area contributed by atoms with Crippen molar-refractivity contribution in [3.63, 3.8) is 0 Å². The Hall–Kier alpha value is -4.04. The molecule has 8 heteroatoms. The third-order valence-corrected chi connectivity index (χ3v) is 5.25. The molecule has 2 heterocycles. The van der Waals surface area contributed by atoms with E-state index in [1.807, 2.05) is 43.5 Å². The van der Waals surface area contributed by atoms with E-state index in [-0.39, 0.29) is 5.91 Å².